The summed E-state index contributed by atoms with van der Waals surface area (Å²) in [7, 11) is 0. The smallest absolute Gasteiger partial charge is 0.162 e. The van der Waals surface area contributed by atoms with Gasteiger partial charge in [0.1, 0.15) is 5.75 Å². The highest BCUT2D eigenvalue weighted by Gasteiger charge is 2.19. The van der Waals surface area contributed by atoms with Crippen LogP contribution >= 0.6 is 0 Å². The Hall–Kier alpha value is -3.20. The Balaban J connectivity index is 1.32. The van der Waals surface area contributed by atoms with Gasteiger partial charge in [-0.3, -0.25) is 9.79 Å². The van der Waals surface area contributed by atoms with Gasteiger partial charge in [0.2, 0.25) is 0 Å². The molecule has 0 aliphatic heterocycles. The Kier molecular flexibility index (Phi) is 8.30. The molecule has 0 aromatic heterocycles. The lowest BCUT2D eigenvalue weighted by atomic mass is 10.0. The summed E-state index contributed by atoms with van der Waals surface area (Å²) in [5.74, 6) is 1.12. The van der Waals surface area contributed by atoms with Gasteiger partial charge in [0.05, 0.1) is 12.3 Å². The second-order valence-corrected chi connectivity index (χ2v) is 9.11. The molecule has 3 nitrogen and oxygen atoms in total. The van der Waals surface area contributed by atoms with Crippen molar-refractivity contribution in [3.63, 3.8) is 0 Å². The number of nitrogens with zero attached hydrogens (tertiary/aromatic N) is 1. The van der Waals surface area contributed by atoms with Gasteiger partial charge in [-0.05, 0) is 83.1 Å². The minimum absolute atomic E-state index is 0.197. The first-order valence-electron chi connectivity index (χ1n) is 12.7. The summed E-state index contributed by atoms with van der Waals surface area (Å²) in [5, 5.41) is 0. The van der Waals surface area contributed by atoms with Crippen molar-refractivity contribution in [2.75, 3.05) is 6.61 Å². The number of Topliss-reactive ketones (excluding diaryl/α,β-unsaturated/α-hetero) is 1. The monoisotopic (exact) mass is 453 g/mol. The first kappa shape index (κ1) is 23.9. The molecule has 0 unspecified atom stereocenters. The maximum atomic E-state index is 12.1. The van der Waals surface area contributed by atoms with Crippen LogP contribution in [0, 0.1) is 0 Å². The number of hydrogen-bond acceptors (Lipinski definition) is 3. The number of fused-ring (bicyclic) bond motifs is 3. The fraction of sp³-hybridized carbons (Fsp3) is 0.355. The largest absolute Gasteiger partial charge is 0.494 e. The van der Waals surface area contributed by atoms with Crippen LogP contribution in [0.15, 0.2) is 65.7 Å². The number of rotatable bonds is 12. The van der Waals surface area contributed by atoms with Crippen LogP contribution in [0.4, 0.5) is 5.69 Å². The molecule has 4 rings (SSSR count). The number of unbranched alkanes of at least 4 members (excludes halogenated alkanes) is 5. The third-order valence-corrected chi connectivity index (χ3v) is 6.52. The molecule has 0 amide bonds. The zero-order valence-corrected chi connectivity index (χ0v) is 20.5. The third-order valence-electron chi connectivity index (χ3n) is 6.52. The molecular formula is C31H35NO2. The highest BCUT2D eigenvalue weighted by atomic mass is 16.5. The summed E-state index contributed by atoms with van der Waals surface area (Å²) in [5.41, 5.74) is 7.78. The Bertz CT molecular complexity index is 1140. The van der Waals surface area contributed by atoms with Crippen LogP contribution in [-0.2, 0) is 6.42 Å². The Labute approximate surface area is 203 Å². The molecule has 0 heterocycles. The minimum atomic E-state index is 0.197. The molecule has 3 heteroatoms. The Morgan fingerprint density at radius 2 is 1.56 bits per heavy atom. The van der Waals surface area contributed by atoms with E-state index in [0.717, 1.165) is 42.0 Å². The molecule has 0 spiro atoms. The molecule has 1 aliphatic carbocycles. The van der Waals surface area contributed by atoms with Crippen molar-refractivity contribution in [3.8, 4) is 16.9 Å². The number of benzene rings is 3. The average Bonchev–Trinajstić information content (AvgIpc) is 3.24. The van der Waals surface area contributed by atoms with Crippen molar-refractivity contribution >= 4 is 17.7 Å². The SMILES string of the molecule is CCCCCCCCOc1ccc(C=Nc2ccc3c(c2)Cc2cc(C(=O)CC)ccc2-3)cc1. The van der Waals surface area contributed by atoms with Crippen molar-refractivity contribution in [1.82, 2.24) is 0 Å². The van der Waals surface area contributed by atoms with Crippen LogP contribution in [-0.4, -0.2) is 18.6 Å². The molecule has 34 heavy (non-hydrogen) atoms. The van der Waals surface area contributed by atoms with E-state index in [1.54, 1.807) is 0 Å². The second kappa shape index (κ2) is 11.8. The number of carbonyl (C=O) groups excluding carboxylic acids is 1. The number of ether oxygens (including phenoxy) is 1. The van der Waals surface area contributed by atoms with Gasteiger partial charge in [-0.25, -0.2) is 0 Å². The van der Waals surface area contributed by atoms with Gasteiger partial charge in [0, 0.05) is 18.2 Å². The molecule has 0 fully saturated rings. The minimum Gasteiger partial charge on any atom is -0.494 e. The van der Waals surface area contributed by atoms with Gasteiger partial charge in [-0.15, -0.1) is 0 Å². The molecule has 1 aliphatic rings. The summed E-state index contributed by atoms with van der Waals surface area (Å²) in [6, 6.07) is 20.6. The van der Waals surface area contributed by atoms with Crippen LogP contribution in [0.2, 0.25) is 0 Å². The molecule has 0 N–H and O–H groups in total. The first-order chi connectivity index (χ1) is 16.7. The van der Waals surface area contributed by atoms with E-state index in [0.29, 0.717) is 6.42 Å². The first-order valence-corrected chi connectivity index (χ1v) is 12.7. The topological polar surface area (TPSA) is 38.7 Å². The number of ketones is 1. The Morgan fingerprint density at radius 3 is 2.32 bits per heavy atom. The molecule has 176 valence electrons. The molecule has 0 radical (unpaired) electrons. The maximum absolute atomic E-state index is 12.1. The van der Waals surface area contributed by atoms with Gasteiger partial charge in [0.25, 0.3) is 0 Å². The van der Waals surface area contributed by atoms with Crippen LogP contribution < -0.4 is 4.74 Å². The van der Waals surface area contributed by atoms with E-state index in [4.69, 9.17) is 9.73 Å². The lowest BCUT2D eigenvalue weighted by Gasteiger charge is -2.06. The van der Waals surface area contributed by atoms with Gasteiger partial charge in [-0.2, -0.15) is 0 Å². The average molecular weight is 454 g/mol. The maximum Gasteiger partial charge on any atom is 0.162 e. The van der Waals surface area contributed by atoms with Crippen LogP contribution in [0.5, 0.6) is 5.75 Å². The number of aliphatic imine (C=N–C) groups is 1. The van der Waals surface area contributed by atoms with Crippen molar-refractivity contribution < 1.29 is 9.53 Å². The highest BCUT2D eigenvalue weighted by Crippen LogP contribution is 2.38. The number of hydrogen-bond donors (Lipinski definition) is 0. The van der Waals surface area contributed by atoms with Crippen LogP contribution in [0.25, 0.3) is 11.1 Å². The van der Waals surface area contributed by atoms with Crippen LogP contribution in [0.1, 0.15) is 85.8 Å². The summed E-state index contributed by atoms with van der Waals surface area (Å²) in [6.07, 6.45) is 10.9. The molecular weight excluding hydrogens is 418 g/mol. The molecule has 0 atom stereocenters. The third kappa shape index (κ3) is 6.02. The molecule has 0 saturated carbocycles. The predicted molar refractivity (Wildman–Crippen MR) is 142 cm³/mol. The van der Waals surface area contributed by atoms with E-state index in [2.05, 4.69) is 49.4 Å². The standard InChI is InChI=1S/C31H35NO2/c1-3-5-6-7-8-9-18-34-28-14-10-23(11-15-28)22-32-27-13-17-30-26(21-27)20-25-19-24(31(33)4-2)12-16-29(25)30/h10-17,19,21-22H,3-9,18,20H2,1-2H3. The van der Waals surface area contributed by atoms with E-state index >= 15 is 0 Å². The van der Waals surface area contributed by atoms with E-state index in [1.165, 1.54) is 54.4 Å². The summed E-state index contributed by atoms with van der Waals surface area (Å²) >= 11 is 0. The molecule has 3 aromatic carbocycles. The lowest BCUT2D eigenvalue weighted by molar-refractivity contribution is 0.0988. The Morgan fingerprint density at radius 1 is 0.853 bits per heavy atom. The van der Waals surface area contributed by atoms with E-state index in [1.807, 2.05) is 31.3 Å². The van der Waals surface area contributed by atoms with Crippen molar-refractivity contribution in [1.29, 1.82) is 0 Å². The molecule has 3 aromatic rings. The van der Waals surface area contributed by atoms with Gasteiger partial charge < -0.3 is 4.74 Å². The quantitative estimate of drug-likeness (QED) is 0.123. The number of carbonyl (C=O) groups is 1. The van der Waals surface area contributed by atoms with Crippen molar-refractivity contribution in [2.45, 2.75) is 65.2 Å². The predicted octanol–water partition coefficient (Wildman–Crippen LogP) is 8.34. The summed E-state index contributed by atoms with van der Waals surface area (Å²) in [6.45, 7) is 4.94. The zero-order chi connectivity index (χ0) is 23.8. The molecule has 0 saturated heterocycles. The fourth-order valence-electron chi connectivity index (χ4n) is 4.53. The summed E-state index contributed by atoms with van der Waals surface area (Å²) in [4.78, 5) is 16.8. The lowest BCUT2D eigenvalue weighted by Crippen LogP contribution is -1.97. The van der Waals surface area contributed by atoms with Gasteiger partial charge in [0.15, 0.2) is 5.78 Å². The van der Waals surface area contributed by atoms with Crippen molar-refractivity contribution in [2.24, 2.45) is 4.99 Å². The van der Waals surface area contributed by atoms with Gasteiger partial charge in [-0.1, -0.05) is 64.2 Å². The van der Waals surface area contributed by atoms with Gasteiger partial charge >= 0.3 is 0 Å². The van der Waals surface area contributed by atoms with E-state index in [9.17, 15) is 4.79 Å². The van der Waals surface area contributed by atoms with Crippen molar-refractivity contribution in [3.05, 3.63) is 82.9 Å². The highest BCUT2D eigenvalue weighted by molar-refractivity contribution is 5.97. The second-order valence-electron chi connectivity index (χ2n) is 9.11. The van der Waals surface area contributed by atoms with E-state index in [-0.39, 0.29) is 5.78 Å². The fourth-order valence-corrected chi connectivity index (χ4v) is 4.53. The van der Waals surface area contributed by atoms with Crippen LogP contribution in [0.3, 0.4) is 0 Å². The normalized spacial score (nSPS) is 12.1. The summed E-state index contributed by atoms with van der Waals surface area (Å²) < 4.78 is 5.88. The zero-order valence-electron chi connectivity index (χ0n) is 20.5. The van der Waals surface area contributed by atoms with E-state index < -0.39 is 0 Å². The molecule has 0 bridgehead atoms.